The molecule has 1 aliphatic heterocycles. The molecule has 0 atom stereocenters. The number of hydrogen-bond acceptors (Lipinski definition) is 4. The van der Waals surface area contributed by atoms with Crippen molar-refractivity contribution >= 4 is 29.9 Å². The number of halogens is 2. The molecule has 1 aromatic rings. The third-order valence-electron chi connectivity index (χ3n) is 3.70. The quantitative estimate of drug-likeness (QED) is 0.246. The standard InChI is InChI=1S/C18H28FN3O3.HI/c1-3-20-18(21-7-5-9-23-4-2)22-8-6-14-10-16(19)11-15-12-24-13-25-17(14)15;/h10-11H,3-9,12-13H2,1-2H3,(H2,20,21,22);1H. The van der Waals surface area contributed by atoms with Gasteiger partial charge in [0.2, 0.25) is 0 Å². The molecule has 2 rings (SSSR count). The van der Waals surface area contributed by atoms with E-state index in [1.807, 2.05) is 13.8 Å². The van der Waals surface area contributed by atoms with Gasteiger partial charge in [0.25, 0.3) is 0 Å². The number of nitrogens with zero attached hydrogens (tertiary/aromatic N) is 1. The molecule has 1 aromatic carbocycles. The Morgan fingerprint density at radius 3 is 2.92 bits per heavy atom. The molecule has 2 N–H and O–H groups in total. The zero-order chi connectivity index (χ0) is 17.9. The van der Waals surface area contributed by atoms with E-state index in [2.05, 4.69) is 15.6 Å². The van der Waals surface area contributed by atoms with Crippen LogP contribution in [-0.2, 0) is 22.5 Å². The first-order valence-electron chi connectivity index (χ1n) is 8.86. The van der Waals surface area contributed by atoms with E-state index < -0.39 is 0 Å². The Morgan fingerprint density at radius 2 is 2.15 bits per heavy atom. The van der Waals surface area contributed by atoms with Crippen LogP contribution < -0.4 is 15.4 Å². The lowest BCUT2D eigenvalue weighted by Crippen LogP contribution is -2.38. The van der Waals surface area contributed by atoms with Crippen molar-refractivity contribution in [2.75, 3.05) is 39.6 Å². The molecule has 0 saturated heterocycles. The number of guanidine groups is 1. The smallest absolute Gasteiger partial charge is 0.191 e. The second-order valence-corrected chi connectivity index (χ2v) is 5.65. The SMILES string of the molecule is CCNC(=NCCCOCC)NCCc1cc(F)cc2c1OCOC2.I. The van der Waals surface area contributed by atoms with E-state index in [0.717, 1.165) is 42.4 Å². The van der Waals surface area contributed by atoms with Crippen LogP contribution in [0.25, 0.3) is 0 Å². The van der Waals surface area contributed by atoms with Gasteiger partial charge < -0.3 is 24.8 Å². The lowest BCUT2D eigenvalue weighted by atomic mass is 10.1. The number of aliphatic imine (C=N–C) groups is 1. The van der Waals surface area contributed by atoms with E-state index >= 15 is 0 Å². The molecule has 0 saturated carbocycles. The number of fused-ring (bicyclic) bond motifs is 1. The summed E-state index contributed by atoms with van der Waals surface area (Å²) in [4.78, 5) is 4.51. The Morgan fingerprint density at radius 1 is 1.31 bits per heavy atom. The molecular weight excluding hydrogens is 452 g/mol. The van der Waals surface area contributed by atoms with Crippen molar-refractivity contribution in [2.24, 2.45) is 4.99 Å². The summed E-state index contributed by atoms with van der Waals surface area (Å²) in [6.07, 6.45) is 1.53. The van der Waals surface area contributed by atoms with E-state index in [9.17, 15) is 4.39 Å². The van der Waals surface area contributed by atoms with Gasteiger partial charge in [-0.3, -0.25) is 4.99 Å². The summed E-state index contributed by atoms with van der Waals surface area (Å²) in [6, 6.07) is 2.99. The number of benzene rings is 1. The number of hydrogen-bond donors (Lipinski definition) is 2. The minimum atomic E-state index is -0.264. The highest BCUT2D eigenvalue weighted by atomic mass is 127. The predicted octanol–water partition coefficient (Wildman–Crippen LogP) is 2.83. The van der Waals surface area contributed by atoms with Crippen molar-refractivity contribution in [3.8, 4) is 5.75 Å². The first kappa shape index (κ1) is 22.9. The van der Waals surface area contributed by atoms with Gasteiger partial charge in [0.15, 0.2) is 12.8 Å². The van der Waals surface area contributed by atoms with Crippen molar-refractivity contribution in [3.63, 3.8) is 0 Å². The molecule has 0 aromatic heterocycles. The van der Waals surface area contributed by atoms with Crippen molar-refractivity contribution in [2.45, 2.75) is 33.3 Å². The monoisotopic (exact) mass is 481 g/mol. The van der Waals surface area contributed by atoms with Gasteiger partial charge >= 0.3 is 0 Å². The molecule has 0 radical (unpaired) electrons. The van der Waals surface area contributed by atoms with Crippen LogP contribution in [0, 0.1) is 5.82 Å². The molecule has 148 valence electrons. The zero-order valence-electron chi connectivity index (χ0n) is 15.5. The summed E-state index contributed by atoms with van der Waals surface area (Å²) in [5.41, 5.74) is 1.61. The maximum absolute atomic E-state index is 13.8. The average molecular weight is 481 g/mol. The van der Waals surface area contributed by atoms with Gasteiger partial charge in [0.1, 0.15) is 11.6 Å². The maximum atomic E-state index is 13.8. The van der Waals surface area contributed by atoms with Gasteiger partial charge in [-0.1, -0.05) is 0 Å². The normalized spacial score (nSPS) is 13.4. The molecule has 26 heavy (non-hydrogen) atoms. The number of rotatable bonds is 9. The van der Waals surface area contributed by atoms with Crippen LogP contribution in [-0.4, -0.2) is 45.6 Å². The lowest BCUT2D eigenvalue weighted by Gasteiger charge is -2.21. The lowest BCUT2D eigenvalue weighted by molar-refractivity contribution is -0.0172. The Kier molecular flexibility index (Phi) is 11.5. The third kappa shape index (κ3) is 7.63. The van der Waals surface area contributed by atoms with Crippen molar-refractivity contribution in [3.05, 3.63) is 29.1 Å². The summed E-state index contributed by atoms with van der Waals surface area (Å²) >= 11 is 0. The van der Waals surface area contributed by atoms with E-state index in [0.29, 0.717) is 32.7 Å². The van der Waals surface area contributed by atoms with Gasteiger partial charge in [-0.05, 0) is 44.4 Å². The first-order chi connectivity index (χ1) is 12.2. The fourth-order valence-corrected chi connectivity index (χ4v) is 2.60. The van der Waals surface area contributed by atoms with Gasteiger partial charge in [-0.2, -0.15) is 0 Å². The molecule has 0 bridgehead atoms. The van der Waals surface area contributed by atoms with Crippen LogP contribution in [0.5, 0.6) is 5.75 Å². The van der Waals surface area contributed by atoms with E-state index in [1.54, 1.807) is 0 Å². The van der Waals surface area contributed by atoms with E-state index in [1.165, 1.54) is 12.1 Å². The van der Waals surface area contributed by atoms with Crippen LogP contribution >= 0.6 is 24.0 Å². The van der Waals surface area contributed by atoms with Crippen LogP contribution in [0.15, 0.2) is 17.1 Å². The second kappa shape index (κ2) is 13.1. The Hall–Kier alpha value is -1.13. The predicted molar refractivity (Wildman–Crippen MR) is 111 cm³/mol. The van der Waals surface area contributed by atoms with Gasteiger partial charge in [-0.25, -0.2) is 4.39 Å². The molecule has 8 heteroatoms. The summed E-state index contributed by atoms with van der Waals surface area (Å²) in [5, 5.41) is 6.48. The van der Waals surface area contributed by atoms with Gasteiger partial charge in [0, 0.05) is 38.4 Å². The molecular formula is C18H29FIN3O3. The molecule has 0 amide bonds. The van der Waals surface area contributed by atoms with E-state index in [-0.39, 0.29) is 36.6 Å². The molecule has 1 heterocycles. The number of ether oxygens (including phenoxy) is 3. The van der Waals surface area contributed by atoms with Crippen molar-refractivity contribution in [1.82, 2.24) is 10.6 Å². The summed E-state index contributed by atoms with van der Waals surface area (Å²) in [6.45, 7) is 8.17. The highest BCUT2D eigenvalue weighted by molar-refractivity contribution is 14.0. The molecule has 1 aliphatic rings. The molecule has 0 aliphatic carbocycles. The molecule has 6 nitrogen and oxygen atoms in total. The Bertz CT molecular complexity index is 573. The largest absolute Gasteiger partial charge is 0.467 e. The minimum Gasteiger partial charge on any atom is -0.467 e. The van der Waals surface area contributed by atoms with Crippen LogP contribution in [0.4, 0.5) is 4.39 Å². The molecule has 0 spiro atoms. The minimum absolute atomic E-state index is 0. The molecule has 0 fully saturated rings. The van der Waals surface area contributed by atoms with Gasteiger partial charge in [0.05, 0.1) is 6.61 Å². The first-order valence-corrected chi connectivity index (χ1v) is 8.86. The van der Waals surface area contributed by atoms with Crippen LogP contribution in [0.3, 0.4) is 0 Å². The van der Waals surface area contributed by atoms with Crippen molar-refractivity contribution < 1.29 is 18.6 Å². The fraction of sp³-hybridized carbons (Fsp3) is 0.611. The third-order valence-corrected chi connectivity index (χ3v) is 3.70. The average Bonchev–Trinajstić information content (AvgIpc) is 2.61. The zero-order valence-corrected chi connectivity index (χ0v) is 17.8. The van der Waals surface area contributed by atoms with Crippen LogP contribution in [0.1, 0.15) is 31.4 Å². The van der Waals surface area contributed by atoms with Crippen molar-refractivity contribution in [1.29, 1.82) is 0 Å². The summed E-state index contributed by atoms with van der Waals surface area (Å²) in [7, 11) is 0. The fourth-order valence-electron chi connectivity index (χ4n) is 2.60. The van der Waals surface area contributed by atoms with E-state index in [4.69, 9.17) is 14.2 Å². The topological polar surface area (TPSA) is 64.1 Å². The summed E-state index contributed by atoms with van der Waals surface area (Å²) < 4.78 is 29.8. The Labute approximate surface area is 171 Å². The van der Waals surface area contributed by atoms with Crippen LogP contribution in [0.2, 0.25) is 0 Å². The molecule has 0 unspecified atom stereocenters. The second-order valence-electron chi connectivity index (χ2n) is 5.65. The Balaban J connectivity index is 0.00000338. The maximum Gasteiger partial charge on any atom is 0.191 e. The van der Waals surface area contributed by atoms with Gasteiger partial charge in [-0.15, -0.1) is 24.0 Å². The summed E-state index contributed by atoms with van der Waals surface area (Å²) in [5.74, 6) is 1.24. The number of nitrogens with one attached hydrogen (secondary N) is 2. The highest BCUT2D eigenvalue weighted by Crippen LogP contribution is 2.29. The highest BCUT2D eigenvalue weighted by Gasteiger charge is 2.16.